The fourth-order valence-electron chi connectivity index (χ4n) is 1.99. The van der Waals surface area contributed by atoms with E-state index in [2.05, 4.69) is 4.98 Å². The molecule has 0 saturated carbocycles. The lowest BCUT2D eigenvalue weighted by molar-refractivity contribution is 0.397. The summed E-state index contributed by atoms with van der Waals surface area (Å²) in [4.78, 5) is 4.09. The van der Waals surface area contributed by atoms with Crippen molar-refractivity contribution in [2.45, 2.75) is 12.5 Å². The molecule has 0 saturated heterocycles. The molecule has 0 radical (unpaired) electrons. The molecule has 2 aromatic rings. The first-order valence-electron chi connectivity index (χ1n) is 6.11. The first-order valence-corrected chi connectivity index (χ1v) is 6.11. The molecular weight excluding hydrogens is 240 g/mol. The average molecular weight is 258 g/mol. The monoisotopic (exact) mass is 258 g/mol. The molecule has 0 fully saturated rings. The number of rotatable bonds is 5. The van der Waals surface area contributed by atoms with Crippen molar-refractivity contribution < 1.29 is 9.47 Å². The minimum Gasteiger partial charge on any atom is -0.497 e. The Morgan fingerprint density at radius 2 is 2.05 bits per heavy atom. The Balaban J connectivity index is 2.22. The molecular formula is C15H18N2O2. The highest BCUT2D eigenvalue weighted by atomic mass is 16.5. The van der Waals surface area contributed by atoms with Crippen molar-refractivity contribution in [1.29, 1.82) is 0 Å². The van der Waals surface area contributed by atoms with E-state index in [1.807, 2.05) is 30.3 Å². The van der Waals surface area contributed by atoms with Gasteiger partial charge in [-0.05, 0) is 41.8 Å². The van der Waals surface area contributed by atoms with Crippen molar-refractivity contribution in [3.05, 3.63) is 53.9 Å². The van der Waals surface area contributed by atoms with Crippen LogP contribution in [0.25, 0.3) is 0 Å². The van der Waals surface area contributed by atoms with Crippen molar-refractivity contribution in [2.24, 2.45) is 5.73 Å². The largest absolute Gasteiger partial charge is 0.497 e. The highest BCUT2D eigenvalue weighted by Crippen LogP contribution is 2.27. The molecule has 1 aromatic carbocycles. The predicted molar refractivity (Wildman–Crippen MR) is 74.4 cm³/mol. The van der Waals surface area contributed by atoms with Crippen LogP contribution >= 0.6 is 0 Å². The van der Waals surface area contributed by atoms with Gasteiger partial charge in [0.25, 0.3) is 0 Å². The highest BCUT2D eigenvalue weighted by Gasteiger charge is 2.12. The zero-order valence-corrected chi connectivity index (χ0v) is 11.2. The molecule has 0 aliphatic rings. The summed E-state index contributed by atoms with van der Waals surface area (Å²) in [6.07, 6.45) is 4.20. The molecule has 1 unspecified atom stereocenters. The Bertz CT molecular complexity index is 529. The van der Waals surface area contributed by atoms with Crippen molar-refractivity contribution in [2.75, 3.05) is 14.2 Å². The van der Waals surface area contributed by atoms with Crippen LogP contribution in [0.1, 0.15) is 17.2 Å². The first-order chi connectivity index (χ1) is 9.24. The highest BCUT2D eigenvalue weighted by molar-refractivity contribution is 5.41. The molecule has 0 aliphatic carbocycles. The van der Waals surface area contributed by atoms with Gasteiger partial charge in [0, 0.05) is 18.4 Å². The fourth-order valence-corrected chi connectivity index (χ4v) is 1.99. The van der Waals surface area contributed by atoms with Gasteiger partial charge in [-0.15, -0.1) is 0 Å². The second-order valence-corrected chi connectivity index (χ2v) is 4.27. The molecule has 1 atom stereocenters. The molecule has 100 valence electrons. The summed E-state index contributed by atoms with van der Waals surface area (Å²) in [6.45, 7) is 0. The third-order valence-electron chi connectivity index (χ3n) is 3.04. The fraction of sp³-hybridized carbons (Fsp3) is 0.267. The maximum atomic E-state index is 6.21. The Morgan fingerprint density at radius 3 is 2.68 bits per heavy atom. The van der Waals surface area contributed by atoms with E-state index in [0.717, 1.165) is 22.6 Å². The molecule has 2 N–H and O–H groups in total. The standard InChI is InChI=1S/C15H18N2O2/c1-18-13-5-6-15(19-2)12(8-13)9-14(16)11-4-3-7-17-10-11/h3-8,10,14H,9,16H2,1-2H3. The summed E-state index contributed by atoms with van der Waals surface area (Å²) >= 11 is 0. The molecule has 4 nitrogen and oxygen atoms in total. The second kappa shape index (κ2) is 6.20. The minimum absolute atomic E-state index is 0.116. The van der Waals surface area contributed by atoms with E-state index in [1.165, 1.54) is 0 Å². The zero-order valence-electron chi connectivity index (χ0n) is 11.2. The molecule has 4 heteroatoms. The van der Waals surface area contributed by atoms with Gasteiger partial charge in [-0.2, -0.15) is 0 Å². The lowest BCUT2D eigenvalue weighted by Crippen LogP contribution is -2.14. The van der Waals surface area contributed by atoms with Crippen molar-refractivity contribution >= 4 is 0 Å². The maximum absolute atomic E-state index is 6.21. The van der Waals surface area contributed by atoms with Gasteiger partial charge in [0.2, 0.25) is 0 Å². The number of ether oxygens (including phenoxy) is 2. The average Bonchev–Trinajstić information content (AvgIpc) is 2.48. The van der Waals surface area contributed by atoms with Gasteiger partial charge in [0.1, 0.15) is 11.5 Å². The number of hydrogen-bond acceptors (Lipinski definition) is 4. The van der Waals surface area contributed by atoms with E-state index in [9.17, 15) is 0 Å². The van der Waals surface area contributed by atoms with E-state index in [-0.39, 0.29) is 6.04 Å². The van der Waals surface area contributed by atoms with Gasteiger partial charge in [-0.1, -0.05) is 6.07 Å². The Labute approximate surface area is 113 Å². The van der Waals surface area contributed by atoms with Crippen LogP contribution in [-0.2, 0) is 6.42 Å². The first kappa shape index (κ1) is 13.4. The molecule has 0 bridgehead atoms. The van der Waals surface area contributed by atoms with E-state index in [1.54, 1.807) is 26.6 Å². The molecule has 0 aliphatic heterocycles. The van der Waals surface area contributed by atoms with Crippen LogP contribution in [-0.4, -0.2) is 19.2 Å². The molecule has 1 heterocycles. The molecule has 1 aromatic heterocycles. The molecule has 0 amide bonds. The zero-order chi connectivity index (χ0) is 13.7. The lowest BCUT2D eigenvalue weighted by atomic mass is 10.00. The number of benzene rings is 1. The Morgan fingerprint density at radius 1 is 1.21 bits per heavy atom. The number of aromatic nitrogens is 1. The van der Waals surface area contributed by atoms with Gasteiger partial charge in [-0.25, -0.2) is 0 Å². The van der Waals surface area contributed by atoms with Crippen LogP contribution in [0, 0.1) is 0 Å². The third-order valence-corrected chi connectivity index (χ3v) is 3.04. The summed E-state index contributed by atoms with van der Waals surface area (Å²) in [6, 6.07) is 9.47. The summed E-state index contributed by atoms with van der Waals surface area (Å²) in [7, 11) is 3.30. The van der Waals surface area contributed by atoms with Gasteiger partial charge in [-0.3, -0.25) is 4.98 Å². The van der Waals surface area contributed by atoms with Crippen LogP contribution in [0.5, 0.6) is 11.5 Å². The number of nitrogens with zero attached hydrogens (tertiary/aromatic N) is 1. The predicted octanol–water partition coefficient (Wildman–Crippen LogP) is 2.34. The Kier molecular flexibility index (Phi) is 4.36. The van der Waals surface area contributed by atoms with E-state index < -0.39 is 0 Å². The molecule has 2 rings (SSSR count). The van der Waals surface area contributed by atoms with Gasteiger partial charge in [0.05, 0.1) is 14.2 Å². The van der Waals surface area contributed by atoms with Crippen LogP contribution in [0.4, 0.5) is 0 Å². The Hall–Kier alpha value is -2.07. The van der Waals surface area contributed by atoms with Gasteiger partial charge < -0.3 is 15.2 Å². The minimum atomic E-state index is -0.116. The van der Waals surface area contributed by atoms with Crippen LogP contribution in [0.2, 0.25) is 0 Å². The number of methoxy groups -OCH3 is 2. The van der Waals surface area contributed by atoms with Crippen molar-refractivity contribution in [3.8, 4) is 11.5 Å². The number of pyridine rings is 1. The summed E-state index contributed by atoms with van der Waals surface area (Å²) in [5, 5.41) is 0. The van der Waals surface area contributed by atoms with E-state index >= 15 is 0 Å². The maximum Gasteiger partial charge on any atom is 0.122 e. The number of nitrogens with two attached hydrogens (primary N) is 1. The van der Waals surface area contributed by atoms with Crippen LogP contribution in [0.3, 0.4) is 0 Å². The van der Waals surface area contributed by atoms with Crippen LogP contribution in [0.15, 0.2) is 42.7 Å². The normalized spacial score (nSPS) is 11.9. The van der Waals surface area contributed by atoms with Gasteiger partial charge >= 0.3 is 0 Å². The van der Waals surface area contributed by atoms with Crippen molar-refractivity contribution in [1.82, 2.24) is 4.98 Å². The number of hydrogen-bond donors (Lipinski definition) is 1. The van der Waals surface area contributed by atoms with Crippen molar-refractivity contribution in [3.63, 3.8) is 0 Å². The summed E-state index contributed by atoms with van der Waals surface area (Å²) in [5.74, 6) is 1.62. The van der Waals surface area contributed by atoms with Gasteiger partial charge in [0.15, 0.2) is 0 Å². The smallest absolute Gasteiger partial charge is 0.122 e. The third kappa shape index (κ3) is 3.23. The lowest BCUT2D eigenvalue weighted by Gasteiger charge is -2.15. The summed E-state index contributed by atoms with van der Waals surface area (Å²) in [5.41, 5.74) is 8.24. The SMILES string of the molecule is COc1ccc(OC)c(CC(N)c2cccnc2)c1. The molecule has 0 spiro atoms. The quantitative estimate of drug-likeness (QED) is 0.894. The van der Waals surface area contributed by atoms with Crippen LogP contribution < -0.4 is 15.2 Å². The summed E-state index contributed by atoms with van der Waals surface area (Å²) < 4.78 is 10.6. The van der Waals surface area contributed by atoms with E-state index in [4.69, 9.17) is 15.2 Å². The second-order valence-electron chi connectivity index (χ2n) is 4.27. The molecule has 19 heavy (non-hydrogen) atoms. The van der Waals surface area contributed by atoms with E-state index in [0.29, 0.717) is 6.42 Å². The topological polar surface area (TPSA) is 57.4 Å².